The molecule has 0 spiro atoms. The number of carbonyl (C=O) groups is 2. The Morgan fingerprint density at radius 1 is 0.812 bits per heavy atom. The van der Waals surface area contributed by atoms with E-state index in [1.54, 1.807) is 0 Å². The fraction of sp³-hybridized carbons (Fsp3) is 0.286. The zero-order valence-electron chi connectivity index (χ0n) is 18.7. The van der Waals surface area contributed by atoms with E-state index in [-0.39, 0.29) is 18.2 Å². The molecule has 2 N–H and O–H groups in total. The van der Waals surface area contributed by atoms with E-state index in [2.05, 4.69) is 41.7 Å². The van der Waals surface area contributed by atoms with Crippen molar-refractivity contribution in [2.24, 2.45) is 5.92 Å². The fourth-order valence-electron chi connectivity index (χ4n) is 4.33. The van der Waals surface area contributed by atoms with E-state index < -0.39 is 17.4 Å². The van der Waals surface area contributed by atoms with Gasteiger partial charge < -0.3 is 10.4 Å². The van der Waals surface area contributed by atoms with E-state index in [1.807, 2.05) is 68.4 Å². The summed E-state index contributed by atoms with van der Waals surface area (Å²) in [6, 6.07) is 29.7. The summed E-state index contributed by atoms with van der Waals surface area (Å²) in [6.07, 6.45) is 1.40. The van der Waals surface area contributed by atoms with E-state index in [4.69, 9.17) is 0 Å². The highest BCUT2D eigenvalue weighted by molar-refractivity contribution is 5.84. The van der Waals surface area contributed by atoms with Crippen molar-refractivity contribution in [2.45, 2.75) is 44.6 Å². The molecule has 3 rings (SSSR count). The van der Waals surface area contributed by atoms with Crippen molar-refractivity contribution < 1.29 is 14.7 Å². The number of carbonyl (C=O) groups excluding carboxylic acids is 1. The van der Waals surface area contributed by atoms with Gasteiger partial charge in [-0.25, -0.2) is 4.79 Å². The van der Waals surface area contributed by atoms with Crippen LogP contribution in [-0.4, -0.2) is 23.0 Å². The first-order valence-corrected chi connectivity index (χ1v) is 11.2. The predicted molar refractivity (Wildman–Crippen MR) is 127 cm³/mol. The van der Waals surface area contributed by atoms with Crippen LogP contribution < -0.4 is 5.32 Å². The second-order valence-corrected chi connectivity index (χ2v) is 8.27. The molecule has 0 radical (unpaired) electrons. The zero-order chi connectivity index (χ0) is 23.0. The quantitative estimate of drug-likeness (QED) is 0.423. The van der Waals surface area contributed by atoms with Crippen molar-refractivity contribution in [3.05, 3.63) is 108 Å². The standard InChI is InChI=1S/C28H31NO3/c1-3-21(2)26(27(31)32)29-25(30)19-20-28(22-13-7-4-8-14-22,23-15-9-5-10-16-23)24-17-11-6-12-18-24/h4-18,21,26H,3,19-20H2,1-2H3,(H,29,30)(H,31,32)/t21?,26-/m0/s1. The molecule has 0 aromatic heterocycles. The highest BCUT2D eigenvalue weighted by Gasteiger charge is 2.37. The molecule has 0 aliphatic rings. The fourth-order valence-corrected chi connectivity index (χ4v) is 4.33. The van der Waals surface area contributed by atoms with Gasteiger partial charge in [-0.1, -0.05) is 111 Å². The molecule has 0 saturated carbocycles. The molecule has 0 saturated heterocycles. The predicted octanol–water partition coefficient (Wildman–Crippen LogP) is 5.42. The molecular weight excluding hydrogens is 398 g/mol. The van der Waals surface area contributed by atoms with Crippen LogP contribution in [0.2, 0.25) is 0 Å². The number of carboxylic acid groups (broad SMARTS) is 1. The third-order valence-corrected chi connectivity index (χ3v) is 6.32. The molecule has 0 aliphatic heterocycles. The summed E-state index contributed by atoms with van der Waals surface area (Å²) in [4.78, 5) is 24.6. The number of hydrogen-bond donors (Lipinski definition) is 2. The molecule has 0 aliphatic carbocycles. The Morgan fingerprint density at radius 2 is 1.22 bits per heavy atom. The summed E-state index contributed by atoms with van der Waals surface area (Å²) >= 11 is 0. The molecule has 32 heavy (non-hydrogen) atoms. The van der Waals surface area contributed by atoms with Crippen LogP contribution in [0.5, 0.6) is 0 Å². The Morgan fingerprint density at radius 3 is 1.56 bits per heavy atom. The van der Waals surface area contributed by atoms with Gasteiger partial charge in [-0.2, -0.15) is 0 Å². The summed E-state index contributed by atoms with van der Waals surface area (Å²) in [5.41, 5.74) is 2.77. The molecule has 3 aromatic carbocycles. The van der Waals surface area contributed by atoms with Crippen LogP contribution in [-0.2, 0) is 15.0 Å². The number of amides is 1. The lowest BCUT2D eigenvalue weighted by Crippen LogP contribution is -2.45. The van der Waals surface area contributed by atoms with Gasteiger partial charge in [0.25, 0.3) is 0 Å². The maximum atomic E-state index is 12.9. The maximum absolute atomic E-state index is 12.9. The number of hydrogen-bond acceptors (Lipinski definition) is 2. The summed E-state index contributed by atoms with van der Waals surface area (Å²) in [6.45, 7) is 3.78. The Balaban J connectivity index is 2.00. The van der Waals surface area contributed by atoms with Gasteiger partial charge in [-0.15, -0.1) is 0 Å². The third-order valence-electron chi connectivity index (χ3n) is 6.32. The topological polar surface area (TPSA) is 66.4 Å². The van der Waals surface area contributed by atoms with E-state index in [1.165, 1.54) is 0 Å². The van der Waals surface area contributed by atoms with Gasteiger partial charge in [-0.05, 0) is 29.0 Å². The number of rotatable bonds is 10. The molecule has 0 bridgehead atoms. The molecule has 4 heteroatoms. The molecule has 0 heterocycles. The van der Waals surface area contributed by atoms with Crippen LogP contribution in [0.3, 0.4) is 0 Å². The third kappa shape index (κ3) is 5.08. The minimum absolute atomic E-state index is 0.140. The van der Waals surface area contributed by atoms with Crippen molar-refractivity contribution in [2.75, 3.05) is 0 Å². The van der Waals surface area contributed by atoms with Crippen LogP contribution >= 0.6 is 0 Å². The SMILES string of the molecule is CCC(C)[C@H](NC(=O)CCC(c1ccccc1)(c1ccccc1)c1ccccc1)C(=O)O. The van der Waals surface area contributed by atoms with Crippen LogP contribution in [0.1, 0.15) is 49.8 Å². The highest BCUT2D eigenvalue weighted by Crippen LogP contribution is 2.43. The first-order valence-electron chi connectivity index (χ1n) is 11.2. The van der Waals surface area contributed by atoms with Gasteiger partial charge in [0.2, 0.25) is 5.91 Å². The van der Waals surface area contributed by atoms with Crippen LogP contribution in [0.25, 0.3) is 0 Å². The van der Waals surface area contributed by atoms with Gasteiger partial charge >= 0.3 is 5.97 Å². The van der Waals surface area contributed by atoms with Gasteiger partial charge in [0, 0.05) is 11.8 Å². The number of aliphatic carboxylic acids is 1. The van der Waals surface area contributed by atoms with E-state index in [0.717, 1.165) is 16.7 Å². The lowest BCUT2D eigenvalue weighted by atomic mass is 9.66. The number of benzene rings is 3. The molecule has 1 unspecified atom stereocenters. The molecule has 4 nitrogen and oxygen atoms in total. The molecule has 0 fully saturated rings. The van der Waals surface area contributed by atoms with Crippen molar-refractivity contribution in [1.82, 2.24) is 5.32 Å². The average molecular weight is 430 g/mol. The van der Waals surface area contributed by atoms with Gasteiger partial charge in [0.1, 0.15) is 6.04 Å². The smallest absolute Gasteiger partial charge is 0.326 e. The molecule has 3 aromatic rings. The van der Waals surface area contributed by atoms with Gasteiger partial charge in [0.15, 0.2) is 0 Å². The van der Waals surface area contributed by atoms with Crippen molar-refractivity contribution >= 4 is 11.9 Å². The van der Waals surface area contributed by atoms with Crippen molar-refractivity contribution in [3.63, 3.8) is 0 Å². The van der Waals surface area contributed by atoms with E-state index >= 15 is 0 Å². The van der Waals surface area contributed by atoms with Crippen LogP contribution in [0.4, 0.5) is 0 Å². The zero-order valence-corrected chi connectivity index (χ0v) is 18.7. The summed E-state index contributed by atoms with van der Waals surface area (Å²) in [5.74, 6) is -1.38. The first-order chi connectivity index (χ1) is 15.5. The average Bonchev–Trinajstić information content (AvgIpc) is 2.84. The lowest BCUT2D eigenvalue weighted by molar-refractivity contribution is -0.143. The molecule has 1 amide bonds. The normalized spacial score (nSPS) is 13.2. The lowest BCUT2D eigenvalue weighted by Gasteiger charge is -2.36. The largest absolute Gasteiger partial charge is 0.480 e. The van der Waals surface area contributed by atoms with Crippen LogP contribution in [0, 0.1) is 5.92 Å². The minimum Gasteiger partial charge on any atom is -0.480 e. The minimum atomic E-state index is -0.992. The molecular formula is C28H31NO3. The molecule has 166 valence electrons. The first kappa shape index (κ1) is 23.3. The highest BCUT2D eigenvalue weighted by atomic mass is 16.4. The van der Waals surface area contributed by atoms with Crippen molar-refractivity contribution in [1.29, 1.82) is 0 Å². The summed E-state index contributed by atoms with van der Waals surface area (Å²) in [5, 5.41) is 12.3. The van der Waals surface area contributed by atoms with E-state index in [9.17, 15) is 14.7 Å². The second kappa shape index (κ2) is 10.8. The monoisotopic (exact) mass is 429 g/mol. The molecule has 2 atom stereocenters. The number of carboxylic acids is 1. The Bertz CT molecular complexity index is 906. The maximum Gasteiger partial charge on any atom is 0.326 e. The summed E-state index contributed by atoms with van der Waals surface area (Å²) < 4.78 is 0. The Kier molecular flexibility index (Phi) is 7.82. The van der Waals surface area contributed by atoms with Gasteiger partial charge in [0.05, 0.1) is 0 Å². The Labute approximate surface area is 190 Å². The number of nitrogens with one attached hydrogen (secondary N) is 1. The summed E-state index contributed by atoms with van der Waals surface area (Å²) in [7, 11) is 0. The van der Waals surface area contributed by atoms with Crippen molar-refractivity contribution in [3.8, 4) is 0 Å². The van der Waals surface area contributed by atoms with Gasteiger partial charge in [-0.3, -0.25) is 4.79 Å². The second-order valence-electron chi connectivity index (χ2n) is 8.27. The Hall–Kier alpha value is -3.40. The van der Waals surface area contributed by atoms with E-state index in [0.29, 0.717) is 12.8 Å². The van der Waals surface area contributed by atoms with Crippen LogP contribution in [0.15, 0.2) is 91.0 Å².